The Morgan fingerprint density at radius 1 is 1.43 bits per heavy atom. The Bertz CT molecular complexity index is 542. The van der Waals surface area contributed by atoms with Gasteiger partial charge in [0.25, 0.3) is 0 Å². The van der Waals surface area contributed by atoms with E-state index in [0.717, 1.165) is 19.4 Å². The highest BCUT2D eigenvalue weighted by Crippen LogP contribution is 2.33. The number of rotatable bonds is 5. The van der Waals surface area contributed by atoms with Gasteiger partial charge in [0.05, 0.1) is 31.1 Å². The average Bonchev–Trinajstić information content (AvgIpc) is 2.99. The zero-order valence-corrected chi connectivity index (χ0v) is 13.1. The maximum absolute atomic E-state index is 13.0. The molecule has 2 aliphatic heterocycles. The van der Waals surface area contributed by atoms with Crippen molar-refractivity contribution in [3.05, 3.63) is 18.2 Å². The fourth-order valence-corrected chi connectivity index (χ4v) is 3.21. The van der Waals surface area contributed by atoms with E-state index in [1.165, 1.54) is 12.4 Å². The number of nitrogens with one attached hydrogen (secondary N) is 1. The molecule has 1 amide bonds. The van der Waals surface area contributed by atoms with Crippen molar-refractivity contribution < 1.29 is 18.7 Å². The number of carbonyl (C=O) groups excluding carboxylic acids is 1. The number of amides is 1. The van der Waals surface area contributed by atoms with Gasteiger partial charge >= 0.3 is 0 Å². The van der Waals surface area contributed by atoms with Crippen LogP contribution in [0.15, 0.2) is 12.4 Å². The molecular weight excluding hydrogens is 303 g/mol. The minimum Gasteiger partial charge on any atom is -0.383 e. The normalized spacial score (nSPS) is 26.9. The van der Waals surface area contributed by atoms with Crippen LogP contribution in [-0.2, 0) is 14.3 Å². The number of nitrogens with zero attached hydrogens (tertiary/aromatic N) is 3. The van der Waals surface area contributed by atoms with Crippen molar-refractivity contribution in [3.63, 3.8) is 0 Å². The SMILES string of the molecule is COCCNC(=O)[C@H]1CC[C@H]2[C@@H](CCN2c2ncc(F)cn2)O1. The van der Waals surface area contributed by atoms with Gasteiger partial charge in [0.2, 0.25) is 11.9 Å². The van der Waals surface area contributed by atoms with Gasteiger partial charge < -0.3 is 19.7 Å². The van der Waals surface area contributed by atoms with Crippen molar-refractivity contribution in [1.82, 2.24) is 15.3 Å². The number of hydrogen-bond donors (Lipinski definition) is 1. The van der Waals surface area contributed by atoms with Crippen LogP contribution in [0.2, 0.25) is 0 Å². The van der Waals surface area contributed by atoms with Crippen LogP contribution in [0, 0.1) is 5.82 Å². The summed E-state index contributed by atoms with van der Waals surface area (Å²) in [6.07, 6.45) is 4.20. The Kier molecular flexibility index (Phi) is 5.02. The van der Waals surface area contributed by atoms with Crippen molar-refractivity contribution in [3.8, 4) is 0 Å². The van der Waals surface area contributed by atoms with E-state index in [4.69, 9.17) is 9.47 Å². The molecule has 3 rings (SSSR count). The predicted octanol–water partition coefficient (Wildman–Crippen LogP) is 0.505. The number of fused-ring (bicyclic) bond motifs is 1. The first-order chi connectivity index (χ1) is 11.2. The van der Waals surface area contributed by atoms with Gasteiger partial charge in [0.15, 0.2) is 5.82 Å². The first-order valence-electron chi connectivity index (χ1n) is 7.85. The monoisotopic (exact) mass is 324 g/mol. The van der Waals surface area contributed by atoms with Gasteiger partial charge in [0.1, 0.15) is 6.10 Å². The Labute approximate surface area is 134 Å². The first-order valence-corrected chi connectivity index (χ1v) is 7.85. The molecular formula is C15H21FN4O3. The number of carbonyl (C=O) groups is 1. The molecule has 7 nitrogen and oxygen atoms in total. The maximum Gasteiger partial charge on any atom is 0.249 e. The molecule has 0 bridgehead atoms. The molecule has 0 aromatic carbocycles. The average molecular weight is 324 g/mol. The highest BCUT2D eigenvalue weighted by molar-refractivity contribution is 5.80. The summed E-state index contributed by atoms with van der Waals surface area (Å²) in [6.45, 7) is 1.72. The highest BCUT2D eigenvalue weighted by atomic mass is 19.1. The van der Waals surface area contributed by atoms with Crippen molar-refractivity contribution in [2.45, 2.75) is 37.5 Å². The maximum atomic E-state index is 13.0. The van der Waals surface area contributed by atoms with Crippen molar-refractivity contribution in [2.24, 2.45) is 0 Å². The van der Waals surface area contributed by atoms with Gasteiger partial charge in [-0.05, 0) is 19.3 Å². The van der Waals surface area contributed by atoms with E-state index < -0.39 is 11.9 Å². The lowest BCUT2D eigenvalue weighted by molar-refractivity contribution is -0.141. The zero-order chi connectivity index (χ0) is 16.2. The van der Waals surface area contributed by atoms with Crippen molar-refractivity contribution in [2.75, 3.05) is 31.7 Å². The molecule has 23 heavy (non-hydrogen) atoms. The second kappa shape index (κ2) is 7.18. The van der Waals surface area contributed by atoms with Crippen LogP contribution >= 0.6 is 0 Å². The Balaban J connectivity index is 1.57. The van der Waals surface area contributed by atoms with Crippen LogP contribution in [-0.4, -0.2) is 60.9 Å². The van der Waals surface area contributed by atoms with E-state index in [0.29, 0.717) is 25.5 Å². The van der Waals surface area contributed by atoms with Gasteiger partial charge in [-0.15, -0.1) is 0 Å². The summed E-state index contributed by atoms with van der Waals surface area (Å²) in [5.41, 5.74) is 0. The molecule has 3 heterocycles. The molecule has 126 valence electrons. The summed E-state index contributed by atoms with van der Waals surface area (Å²) in [7, 11) is 1.60. The molecule has 2 aliphatic rings. The second-order valence-corrected chi connectivity index (χ2v) is 5.78. The molecule has 0 radical (unpaired) electrons. The van der Waals surface area contributed by atoms with Crippen molar-refractivity contribution >= 4 is 11.9 Å². The summed E-state index contributed by atoms with van der Waals surface area (Å²) in [5, 5.41) is 2.81. The quantitative estimate of drug-likeness (QED) is 0.795. The Morgan fingerprint density at radius 2 is 2.22 bits per heavy atom. The van der Waals surface area contributed by atoms with E-state index in [1.54, 1.807) is 7.11 Å². The summed E-state index contributed by atoms with van der Waals surface area (Å²) in [4.78, 5) is 22.2. The third-order valence-electron chi connectivity index (χ3n) is 4.31. The predicted molar refractivity (Wildman–Crippen MR) is 80.5 cm³/mol. The molecule has 8 heteroatoms. The molecule has 0 saturated carbocycles. The summed E-state index contributed by atoms with van der Waals surface area (Å²) in [6, 6.07) is 0.142. The topological polar surface area (TPSA) is 76.6 Å². The molecule has 0 unspecified atom stereocenters. The van der Waals surface area contributed by atoms with Gasteiger partial charge in [-0.2, -0.15) is 0 Å². The zero-order valence-electron chi connectivity index (χ0n) is 13.1. The van der Waals surface area contributed by atoms with Gasteiger partial charge in [-0.25, -0.2) is 14.4 Å². The van der Waals surface area contributed by atoms with Crippen LogP contribution in [0.1, 0.15) is 19.3 Å². The molecule has 1 aromatic heterocycles. The van der Waals surface area contributed by atoms with Crippen LogP contribution in [0.4, 0.5) is 10.3 Å². The minimum atomic E-state index is -0.447. The number of anilines is 1. The van der Waals surface area contributed by atoms with E-state index >= 15 is 0 Å². The van der Waals surface area contributed by atoms with E-state index in [1.807, 2.05) is 4.90 Å². The number of halogens is 1. The van der Waals surface area contributed by atoms with Crippen molar-refractivity contribution in [1.29, 1.82) is 0 Å². The molecule has 0 spiro atoms. The Hall–Kier alpha value is -1.80. The van der Waals surface area contributed by atoms with Gasteiger partial charge in [0, 0.05) is 20.2 Å². The Morgan fingerprint density at radius 3 is 2.96 bits per heavy atom. The van der Waals surface area contributed by atoms with Gasteiger partial charge in [-0.3, -0.25) is 4.79 Å². The molecule has 2 saturated heterocycles. The largest absolute Gasteiger partial charge is 0.383 e. The third kappa shape index (κ3) is 3.59. The number of ether oxygens (including phenoxy) is 2. The van der Waals surface area contributed by atoms with Crippen LogP contribution in [0.5, 0.6) is 0 Å². The number of methoxy groups -OCH3 is 1. The lowest BCUT2D eigenvalue weighted by Gasteiger charge is -2.35. The van der Waals surface area contributed by atoms with E-state index in [2.05, 4.69) is 15.3 Å². The smallest absolute Gasteiger partial charge is 0.249 e. The molecule has 3 atom stereocenters. The fraction of sp³-hybridized carbons (Fsp3) is 0.667. The fourth-order valence-electron chi connectivity index (χ4n) is 3.21. The lowest BCUT2D eigenvalue weighted by atomic mass is 9.99. The second-order valence-electron chi connectivity index (χ2n) is 5.78. The number of hydrogen-bond acceptors (Lipinski definition) is 6. The van der Waals surface area contributed by atoms with Crippen LogP contribution in [0.25, 0.3) is 0 Å². The van der Waals surface area contributed by atoms with E-state index in [-0.39, 0.29) is 18.1 Å². The van der Waals surface area contributed by atoms with Crippen LogP contribution < -0.4 is 10.2 Å². The number of aromatic nitrogens is 2. The van der Waals surface area contributed by atoms with E-state index in [9.17, 15) is 9.18 Å². The lowest BCUT2D eigenvalue weighted by Crippen LogP contribution is -2.48. The summed E-state index contributed by atoms with van der Waals surface area (Å²) < 4.78 is 23.8. The summed E-state index contributed by atoms with van der Waals surface area (Å²) in [5.74, 6) is -0.0142. The van der Waals surface area contributed by atoms with Gasteiger partial charge in [-0.1, -0.05) is 0 Å². The summed E-state index contributed by atoms with van der Waals surface area (Å²) >= 11 is 0. The molecule has 1 aromatic rings. The highest BCUT2D eigenvalue weighted by Gasteiger charge is 2.42. The van der Waals surface area contributed by atoms with Crippen LogP contribution in [0.3, 0.4) is 0 Å². The molecule has 0 aliphatic carbocycles. The standard InChI is InChI=1S/C15H21FN4O3/c1-22-7-5-17-14(21)13-3-2-11-12(23-13)4-6-20(11)15-18-8-10(16)9-19-15/h8-9,11-13H,2-7H2,1H3,(H,17,21)/t11-,12+,13+/m0/s1. The molecule has 2 fully saturated rings. The first kappa shape index (κ1) is 16.1. The molecule has 1 N–H and O–H groups in total. The minimum absolute atomic E-state index is 0.0180. The third-order valence-corrected chi connectivity index (χ3v) is 4.31.